The lowest BCUT2D eigenvalue weighted by atomic mass is 9.82. The van der Waals surface area contributed by atoms with E-state index in [2.05, 4.69) is 11.4 Å². The van der Waals surface area contributed by atoms with Crippen LogP contribution in [0.25, 0.3) is 0 Å². The van der Waals surface area contributed by atoms with Crippen LogP contribution in [0.15, 0.2) is 11.4 Å². The van der Waals surface area contributed by atoms with Crippen molar-refractivity contribution in [3.05, 3.63) is 21.9 Å². The number of likely N-dealkylation sites (tertiary alicyclic amines) is 2. The first-order valence-electron chi connectivity index (χ1n) is 9.49. The Morgan fingerprint density at radius 3 is 2.85 bits per heavy atom. The van der Waals surface area contributed by atoms with Gasteiger partial charge < -0.3 is 14.4 Å². The van der Waals surface area contributed by atoms with Crippen LogP contribution in [0.2, 0.25) is 0 Å². The van der Waals surface area contributed by atoms with Gasteiger partial charge in [-0.3, -0.25) is 9.69 Å². The van der Waals surface area contributed by atoms with E-state index in [1.807, 2.05) is 16.2 Å². The smallest absolute Gasteiger partial charge is 0.410 e. The van der Waals surface area contributed by atoms with Crippen molar-refractivity contribution in [3.8, 4) is 0 Å². The number of ether oxygens (including phenoxy) is 2. The number of amides is 2. The topological polar surface area (TPSA) is 59.1 Å². The molecule has 0 aromatic carbocycles. The maximum atomic E-state index is 13.1. The summed E-state index contributed by atoms with van der Waals surface area (Å²) >= 11 is 1.81. The molecular formula is C19H26N2O4S. The molecule has 26 heavy (non-hydrogen) atoms. The van der Waals surface area contributed by atoms with Crippen molar-refractivity contribution in [2.75, 3.05) is 33.4 Å². The van der Waals surface area contributed by atoms with Crippen LogP contribution in [0.4, 0.5) is 4.79 Å². The van der Waals surface area contributed by atoms with E-state index in [0.29, 0.717) is 19.6 Å². The fourth-order valence-electron chi connectivity index (χ4n) is 4.59. The van der Waals surface area contributed by atoms with Crippen LogP contribution in [-0.2, 0) is 26.3 Å². The van der Waals surface area contributed by atoms with E-state index in [4.69, 9.17) is 9.47 Å². The largest absolute Gasteiger partial charge is 0.453 e. The van der Waals surface area contributed by atoms with Crippen LogP contribution < -0.4 is 0 Å². The number of methoxy groups -OCH3 is 1. The van der Waals surface area contributed by atoms with Crippen molar-refractivity contribution in [3.63, 3.8) is 0 Å². The van der Waals surface area contributed by atoms with Gasteiger partial charge in [-0.15, -0.1) is 11.3 Å². The number of carbonyl (C=O) groups excluding carboxylic acids is 2. The Hall–Kier alpha value is -1.60. The number of fused-ring (bicyclic) bond motifs is 2. The molecule has 1 atom stereocenters. The van der Waals surface area contributed by atoms with Gasteiger partial charge >= 0.3 is 6.09 Å². The minimum atomic E-state index is -0.393. The quantitative estimate of drug-likeness (QED) is 0.754. The molecule has 1 aromatic heterocycles. The highest BCUT2D eigenvalue weighted by atomic mass is 32.1. The highest BCUT2D eigenvalue weighted by Crippen LogP contribution is 2.43. The molecule has 0 saturated carbocycles. The van der Waals surface area contributed by atoms with Gasteiger partial charge in [0.05, 0.1) is 19.3 Å². The predicted molar refractivity (Wildman–Crippen MR) is 98.2 cm³/mol. The first-order chi connectivity index (χ1) is 12.6. The lowest BCUT2D eigenvalue weighted by Gasteiger charge is -2.45. The van der Waals surface area contributed by atoms with Gasteiger partial charge in [-0.1, -0.05) is 0 Å². The van der Waals surface area contributed by atoms with Gasteiger partial charge in [0.1, 0.15) is 6.04 Å². The molecule has 3 aliphatic heterocycles. The molecular weight excluding hydrogens is 352 g/mol. The van der Waals surface area contributed by atoms with Crippen LogP contribution in [0.3, 0.4) is 0 Å². The van der Waals surface area contributed by atoms with E-state index in [1.54, 1.807) is 4.90 Å². The normalized spacial score (nSPS) is 25.0. The molecule has 0 aliphatic carbocycles. The maximum absolute atomic E-state index is 13.1. The third-order valence-corrected chi connectivity index (χ3v) is 7.00. The van der Waals surface area contributed by atoms with E-state index < -0.39 is 6.09 Å². The molecule has 0 radical (unpaired) electrons. The SMILES string of the molecule is COC(=O)N1CCCCC1C(=O)N1CCC2(CC1)OCCc1sccc12. The first-order valence-corrected chi connectivity index (χ1v) is 10.4. The number of piperidine rings is 2. The van der Waals surface area contributed by atoms with Crippen LogP contribution in [0, 0.1) is 0 Å². The van der Waals surface area contributed by atoms with E-state index in [1.165, 1.54) is 17.6 Å². The van der Waals surface area contributed by atoms with Crippen molar-refractivity contribution in [2.24, 2.45) is 0 Å². The molecule has 0 N–H and O–H groups in total. The van der Waals surface area contributed by atoms with E-state index in [0.717, 1.165) is 45.1 Å². The minimum absolute atomic E-state index is 0.0614. The summed E-state index contributed by atoms with van der Waals surface area (Å²) in [4.78, 5) is 30.1. The summed E-state index contributed by atoms with van der Waals surface area (Å²) < 4.78 is 11.1. The van der Waals surface area contributed by atoms with Gasteiger partial charge in [-0.25, -0.2) is 4.79 Å². The molecule has 0 bridgehead atoms. The molecule has 2 saturated heterocycles. The Labute approximate surface area is 158 Å². The molecule has 1 spiro atoms. The Kier molecular flexibility index (Phi) is 4.92. The van der Waals surface area contributed by atoms with E-state index in [9.17, 15) is 9.59 Å². The van der Waals surface area contributed by atoms with Crippen LogP contribution in [-0.4, -0.2) is 61.2 Å². The summed E-state index contributed by atoms with van der Waals surface area (Å²) in [6.07, 6.45) is 4.88. The van der Waals surface area contributed by atoms with Crippen molar-refractivity contribution in [1.29, 1.82) is 0 Å². The number of carbonyl (C=O) groups is 2. The fraction of sp³-hybridized carbons (Fsp3) is 0.684. The van der Waals surface area contributed by atoms with Gasteiger partial charge in [0.25, 0.3) is 0 Å². The first kappa shape index (κ1) is 17.8. The lowest BCUT2D eigenvalue weighted by molar-refractivity contribution is -0.146. The molecule has 1 unspecified atom stereocenters. The maximum Gasteiger partial charge on any atom is 0.410 e. The number of hydrogen-bond donors (Lipinski definition) is 0. The summed E-state index contributed by atoms with van der Waals surface area (Å²) in [5, 5.41) is 2.15. The summed E-state index contributed by atoms with van der Waals surface area (Å²) in [6.45, 7) is 2.72. The highest BCUT2D eigenvalue weighted by Gasteiger charge is 2.44. The summed E-state index contributed by atoms with van der Waals surface area (Å²) in [7, 11) is 1.38. The lowest BCUT2D eigenvalue weighted by Crippen LogP contribution is -2.56. The average molecular weight is 378 g/mol. The van der Waals surface area contributed by atoms with Gasteiger partial charge in [-0.05, 0) is 49.1 Å². The van der Waals surface area contributed by atoms with E-state index >= 15 is 0 Å². The molecule has 2 fully saturated rings. The van der Waals surface area contributed by atoms with Crippen LogP contribution >= 0.6 is 11.3 Å². The third kappa shape index (κ3) is 3.01. The number of hydrogen-bond acceptors (Lipinski definition) is 5. The van der Waals surface area contributed by atoms with Crippen molar-refractivity contribution in [1.82, 2.24) is 9.80 Å². The number of rotatable bonds is 1. The standard InChI is InChI=1S/C19H26N2O4S/c1-24-18(23)21-9-3-2-4-15(21)17(22)20-10-7-19(8-11-20)14-6-13-26-16(14)5-12-25-19/h6,13,15H,2-5,7-12H2,1H3. The summed E-state index contributed by atoms with van der Waals surface area (Å²) in [5.41, 5.74) is 1.11. The minimum Gasteiger partial charge on any atom is -0.453 e. The number of nitrogens with zero attached hydrogens (tertiary/aromatic N) is 2. The second kappa shape index (κ2) is 7.19. The zero-order chi connectivity index (χ0) is 18.1. The van der Waals surface area contributed by atoms with Crippen molar-refractivity contribution < 1.29 is 19.1 Å². The van der Waals surface area contributed by atoms with Crippen molar-refractivity contribution >= 4 is 23.3 Å². The Bertz CT molecular complexity index is 681. The monoisotopic (exact) mass is 378 g/mol. The molecule has 1 aromatic rings. The molecule has 142 valence electrons. The second-order valence-corrected chi connectivity index (χ2v) is 8.35. The molecule has 7 heteroatoms. The third-order valence-electron chi connectivity index (χ3n) is 6.02. The van der Waals surface area contributed by atoms with Crippen LogP contribution in [0.5, 0.6) is 0 Å². The van der Waals surface area contributed by atoms with Gasteiger partial charge in [-0.2, -0.15) is 0 Å². The molecule has 2 amide bonds. The molecule has 4 heterocycles. The number of thiophene rings is 1. The molecule has 6 nitrogen and oxygen atoms in total. The van der Waals surface area contributed by atoms with Gasteiger partial charge in [0.2, 0.25) is 5.91 Å². The fourth-order valence-corrected chi connectivity index (χ4v) is 5.54. The molecule has 4 rings (SSSR count). The summed E-state index contributed by atoms with van der Waals surface area (Å²) in [5.74, 6) is 0.0614. The van der Waals surface area contributed by atoms with Crippen LogP contribution in [0.1, 0.15) is 42.5 Å². The Balaban J connectivity index is 1.45. The summed E-state index contributed by atoms with van der Waals surface area (Å²) in [6, 6.07) is 1.81. The Morgan fingerprint density at radius 2 is 2.08 bits per heavy atom. The highest BCUT2D eigenvalue weighted by molar-refractivity contribution is 7.10. The van der Waals surface area contributed by atoms with E-state index in [-0.39, 0.29) is 17.6 Å². The predicted octanol–water partition coefficient (Wildman–Crippen LogP) is 2.76. The van der Waals surface area contributed by atoms with Gasteiger partial charge in [0, 0.05) is 30.9 Å². The van der Waals surface area contributed by atoms with Gasteiger partial charge in [0.15, 0.2) is 0 Å². The van der Waals surface area contributed by atoms with Crippen molar-refractivity contribution in [2.45, 2.75) is 50.2 Å². The zero-order valence-corrected chi connectivity index (χ0v) is 16.1. The average Bonchev–Trinajstić information content (AvgIpc) is 3.18. The molecule has 3 aliphatic rings. The Morgan fingerprint density at radius 1 is 1.27 bits per heavy atom. The second-order valence-electron chi connectivity index (χ2n) is 7.35. The zero-order valence-electron chi connectivity index (χ0n) is 15.2.